The normalized spacial score (nSPS) is 13.4. The SMILES string of the molecule is COC(=O)c1c(Cn2c(-c3cccc(Br)c3)noc2=O)nn2c1CCCC2. The van der Waals surface area contributed by atoms with Crippen LogP contribution in [0.15, 0.2) is 38.1 Å². The third-order valence-corrected chi connectivity index (χ3v) is 5.12. The maximum atomic E-state index is 12.4. The molecule has 0 fully saturated rings. The lowest BCUT2D eigenvalue weighted by Crippen LogP contribution is -2.18. The number of ether oxygens (including phenoxy) is 1. The van der Waals surface area contributed by atoms with Crippen molar-refractivity contribution in [3.63, 3.8) is 0 Å². The maximum Gasteiger partial charge on any atom is 0.442 e. The number of fused-ring (bicyclic) bond motifs is 1. The van der Waals surface area contributed by atoms with Gasteiger partial charge in [-0.3, -0.25) is 13.8 Å². The largest absolute Gasteiger partial charge is 0.465 e. The van der Waals surface area contributed by atoms with Crippen LogP contribution in [0.1, 0.15) is 34.6 Å². The molecule has 1 aliphatic heterocycles. The lowest BCUT2D eigenvalue weighted by Gasteiger charge is -2.13. The minimum Gasteiger partial charge on any atom is -0.465 e. The van der Waals surface area contributed by atoms with Crippen LogP contribution in [0.5, 0.6) is 0 Å². The molecule has 2 aromatic heterocycles. The van der Waals surface area contributed by atoms with E-state index in [9.17, 15) is 9.59 Å². The number of methoxy groups -OCH3 is 1. The highest BCUT2D eigenvalue weighted by molar-refractivity contribution is 9.10. The van der Waals surface area contributed by atoms with Crippen LogP contribution in [0.4, 0.5) is 0 Å². The quantitative estimate of drug-likeness (QED) is 0.588. The second-order valence-electron chi connectivity index (χ2n) is 6.31. The highest BCUT2D eigenvalue weighted by atomic mass is 79.9. The molecule has 0 aliphatic carbocycles. The zero-order chi connectivity index (χ0) is 19.0. The number of hydrogen-bond acceptors (Lipinski definition) is 6. The van der Waals surface area contributed by atoms with Crippen LogP contribution in [0.25, 0.3) is 11.4 Å². The topological polar surface area (TPSA) is 92.2 Å². The van der Waals surface area contributed by atoms with Crippen LogP contribution in [-0.4, -0.2) is 32.6 Å². The van der Waals surface area contributed by atoms with E-state index in [0.29, 0.717) is 17.1 Å². The van der Waals surface area contributed by atoms with E-state index in [0.717, 1.165) is 41.5 Å². The Labute approximate surface area is 162 Å². The summed E-state index contributed by atoms with van der Waals surface area (Å²) in [6.07, 6.45) is 2.76. The van der Waals surface area contributed by atoms with Gasteiger partial charge in [-0.05, 0) is 31.4 Å². The first kappa shape index (κ1) is 17.7. The fourth-order valence-corrected chi connectivity index (χ4v) is 3.78. The molecule has 0 unspecified atom stereocenters. The van der Waals surface area contributed by atoms with Gasteiger partial charge >= 0.3 is 11.7 Å². The summed E-state index contributed by atoms with van der Waals surface area (Å²) in [7, 11) is 1.34. The lowest BCUT2D eigenvalue weighted by molar-refractivity contribution is 0.0597. The lowest BCUT2D eigenvalue weighted by atomic mass is 10.0. The second kappa shape index (κ2) is 7.15. The average Bonchev–Trinajstić information content (AvgIpc) is 3.22. The van der Waals surface area contributed by atoms with E-state index in [1.807, 2.05) is 28.9 Å². The average molecular weight is 433 g/mol. The summed E-state index contributed by atoms with van der Waals surface area (Å²) in [5.74, 6) is -0.670. The Morgan fingerprint density at radius 1 is 1.37 bits per heavy atom. The molecule has 3 aromatic rings. The van der Waals surface area contributed by atoms with E-state index in [4.69, 9.17) is 9.26 Å². The van der Waals surface area contributed by atoms with Crippen molar-refractivity contribution in [1.82, 2.24) is 19.5 Å². The van der Waals surface area contributed by atoms with E-state index < -0.39 is 11.7 Å². The predicted molar refractivity (Wildman–Crippen MR) is 99.5 cm³/mol. The predicted octanol–water partition coefficient (Wildman–Crippen LogP) is 2.63. The maximum absolute atomic E-state index is 12.4. The summed E-state index contributed by atoms with van der Waals surface area (Å²) in [5, 5.41) is 8.47. The molecule has 0 radical (unpaired) electrons. The van der Waals surface area contributed by atoms with Crippen molar-refractivity contribution >= 4 is 21.9 Å². The van der Waals surface area contributed by atoms with E-state index in [1.54, 1.807) is 0 Å². The molecule has 0 saturated carbocycles. The minimum absolute atomic E-state index is 0.0780. The van der Waals surface area contributed by atoms with Crippen molar-refractivity contribution in [2.75, 3.05) is 7.11 Å². The zero-order valence-electron chi connectivity index (χ0n) is 14.6. The van der Waals surface area contributed by atoms with Crippen LogP contribution in [0.2, 0.25) is 0 Å². The Bertz CT molecular complexity index is 1070. The highest BCUT2D eigenvalue weighted by Crippen LogP contribution is 2.25. The van der Waals surface area contributed by atoms with E-state index in [-0.39, 0.29) is 6.54 Å². The number of carbonyl (C=O) groups excluding carboxylic acids is 1. The third kappa shape index (κ3) is 3.23. The van der Waals surface area contributed by atoms with Crippen molar-refractivity contribution in [3.8, 4) is 11.4 Å². The van der Waals surface area contributed by atoms with Crippen molar-refractivity contribution in [2.45, 2.75) is 32.4 Å². The fourth-order valence-electron chi connectivity index (χ4n) is 3.39. The number of aryl methyl sites for hydroxylation is 1. The summed E-state index contributed by atoms with van der Waals surface area (Å²) >= 11 is 3.41. The van der Waals surface area contributed by atoms with Gasteiger partial charge in [-0.1, -0.05) is 33.2 Å². The number of aromatic nitrogens is 4. The first-order valence-electron chi connectivity index (χ1n) is 8.58. The van der Waals surface area contributed by atoms with E-state index >= 15 is 0 Å². The molecule has 0 bridgehead atoms. The van der Waals surface area contributed by atoms with Gasteiger partial charge in [-0.25, -0.2) is 9.59 Å². The monoisotopic (exact) mass is 432 g/mol. The molecule has 27 heavy (non-hydrogen) atoms. The summed E-state index contributed by atoms with van der Waals surface area (Å²) < 4.78 is 13.9. The summed E-state index contributed by atoms with van der Waals surface area (Å²) in [6, 6.07) is 7.40. The smallest absolute Gasteiger partial charge is 0.442 e. The van der Waals surface area contributed by atoms with Crippen molar-refractivity contribution < 1.29 is 14.1 Å². The second-order valence-corrected chi connectivity index (χ2v) is 7.22. The molecule has 3 heterocycles. The molecule has 4 rings (SSSR count). The Kier molecular flexibility index (Phi) is 4.69. The molecule has 0 saturated heterocycles. The molecule has 140 valence electrons. The molecular formula is C18H17BrN4O4. The molecule has 9 heteroatoms. The number of esters is 1. The molecule has 1 aromatic carbocycles. The molecule has 0 amide bonds. The number of nitrogens with zero attached hydrogens (tertiary/aromatic N) is 4. The van der Waals surface area contributed by atoms with Gasteiger partial charge in [0.1, 0.15) is 5.56 Å². The van der Waals surface area contributed by atoms with Crippen LogP contribution >= 0.6 is 15.9 Å². The summed E-state index contributed by atoms with van der Waals surface area (Å²) in [4.78, 5) is 24.6. The van der Waals surface area contributed by atoms with Crippen molar-refractivity contribution in [2.24, 2.45) is 0 Å². The molecule has 0 spiro atoms. The number of benzene rings is 1. The van der Waals surface area contributed by atoms with Crippen LogP contribution < -0.4 is 5.76 Å². The van der Waals surface area contributed by atoms with Crippen LogP contribution in [0.3, 0.4) is 0 Å². The zero-order valence-corrected chi connectivity index (χ0v) is 16.2. The standard InChI is InChI=1S/C18H17BrN4O4/c1-26-17(24)15-13(20-23-8-3-2-7-14(15)23)10-22-16(21-27-18(22)25)11-5-4-6-12(19)9-11/h4-6,9H,2-3,7-8,10H2,1H3. The van der Waals surface area contributed by atoms with Gasteiger partial charge in [-0.2, -0.15) is 5.10 Å². The Balaban J connectivity index is 1.80. The van der Waals surface area contributed by atoms with Gasteiger partial charge in [0.2, 0.25) is 0 Å². The molecular weight excluding hydrogens is 416 g/mol. The fraction of sp³-hybridized carbons (Fsp3) is 0.333. The molecule has 8 nitrogen and oxygen atoms in total. The number of halogens is 1. The number of hydrogen-bond donors (Lipinski definition) is 0. The Hall–Kier alpha value is -2.68. The Morgan fingerprint density at radius 3 is 3.00 bits per heavy atom. The van der Waals surface area contributed by atoms with E-state index in [2.05, 4.69) is 26.2 Å². The van der Waals surface area contributed by atoms with E-state index in [1.165, 1.54) is 11.7 Å². The van der Waals surface area contributed by atoms with Gasteiger partial charge in [-0.15, -0.1) is 0 Å². The van der Waals surface area contributed by atoms with Crippen molar-refractivity contribution in [3.05, 3.63) is 56.2 Å². The Morgan fingerprint density at radius 2 is 2.22 bits per heavy atom. The van der Waals surface area contributed by atoms with Crippen molar-refractivity contribution in [1.29, 1.82) is 0 Å². The van der Waals surface area contributed by atoms with Gasteiger partial charge < -0.3 is 4.74 Å². The van der Waals surface area contributed by atoms with Crippen LogP contribution in [0, 0.1) is 0 Å². The van der Waals surface area contributed by atoms with Gasteiger partial charge in [0.05, 0.1) is 25.0 Å². The molecule has 0 N–H and O–H groups in total. The highest BCUT2D eigenvalue weighted by Gasteiger charge is 2.27. The minimum atomic E-state index is -0.605. The van der Waals surface area contributed by atoms with Crippen LogP contribution in [-0.2, 0) is 24.2 Å². The van der Waals surface area contributed by atoms with Gasteiger partial charge in [0, 0.05) is 16.6 Å². The molecule has 1 aliphatic rings. The third-order valence-electron chi connectivity index (χ3n) is 4.63. The van der Waals surface area contributed by atoms with Gasteiger partial charge in [0.25, 0.3) is 0 Å². The van der Waals surface area contributed by atoms with Gasteiger partial charge in [0.15, 0.2) is 5.82 Å². The number of carbonyl (C=O) groups is 1. The summed E-state index contributed by atoms with van der Waals surface area (Å²) in [5.41, 5.74) is 2.50. The first-order valence-corrected chi connectivity index (χ1v) is 9.37. The summed E-state index contributed by atoms with van der Waals surface area (Å²) in [6.45, 7) is 0.824. The molecule has 0 atom stereocenters. The number of rotatable bonds is 4. The first-order chi connectivity index (χ1) is 13.1.